The van der Waals surface area contributed by atoms with Crippen LogP contribution in [0.25, 0.3) is 0 Å². The molecule has 15 heavy (non-hydrogen) atoms. The van der Waals surface area contributed by atoms with Crippen LogP contribution in [0.4, 0.5) is 0 Å². The second-order valence-corrected chi connectivity index (χ2v) is 25.4. The summed E-state index contributed by atoms with van der Waals surface area (Å²) in [7, 11) is 0. The van der Waals surface area contributed by atoms with Crippen LogP contribution >= 0.6 is 0 Å². The van der Waals surface area contributed by atoms with Crippen molar-refractivity contribution >= 4 is 40.4 Å². The van der Waals surface area contributed by atoms with Crippen LogP contribution in [0.1, 0.15) is 54.4 Å². The fraction of sp³-hybridized carbons (Fsp3) is 1.00. The van der Waals surface area contributed by atoms with Gasteiger partial charge >= 0.3 is 114 Å². The maximum atomic E-state index is 2.49. The zero-order valence-electron chi connectivity index (χ0n) is 11.6. The first-order chi connectivity index (χ1) is 7.16. The molecule has 2 heteroatoms. The Bertz CT molecular complexity index is 131. The molecule has 0 unspecified atom stereocenters. The molecule has 0 aromatic heterocycles. The molecule has 0 aliphatic rings. The van der Waals surface area contributed by atoms with Gasteiger partial charge in [-0.1, -0.05) is 0 Å². The predicted molar refractivity (Wildman–Crippen MR) is 76.7 cm³/mol. The summed E-state index contributed by atoms with van der Waals surface area (Å²) in [6.07, 6.45) is 3.05. The van der Waals surface area contributed by atoms with E-state index in [1.54, 1.807) is 17.5 Å². The van der Waals surface area contributed by atoms with Gasteiger partial charge in [-0.05, 0) is 0 Å². The van der Waals surface area contributed by atoms with Gasteiger partial charge in [0.2, 0.25) is 0 Å². The van der Waals surface area contributed by atoms with Crippen LogP contribution in [0.15, 0.2) is 0 Å². The fourth-order valence-corrected chi connectivity index (χ4v) is 37.0. The minimum absolute atomic E-state index is 0.923. The van der Waals surface area contributed by atoms with E-state index >= 15 is 0 Å². The van der Waals surface area contributed by atoms with Gasteiger partial charge < -0.3 is 0 Å². The van der Waals surface area contributed by atoms with Crippen molar-refractivity contribution < 1.29 is 0 Å². The second-order valence-electron chi connectivity index (χ2n) is 4.03. The maximum absolute atomic E-state index is 2.49. The molecule has 0 aromatic carbocycles. The van der Waals surface area contributed by atoms with Crippen molar-refractivity contribution in [2.45, 2.75) is 73.2 Å². The van der Waals surface area contributed by atoms with Crippen molar-refractivity contribution in [3.05, 3.63) is 0 Å². The summed E-state index contributed by atoms with van der Waals surface area (Å²) < 4.78 is 7.32. The third-order valence-electron chi connectivity index (χ3n) is 3.84. The minimum atomic E-state index is -0.923. The van der Waals surface area contributed by atoms with Crippen LogP contribution in [0, 0.1) is 0 Å². The van der Waals surface area contributed by atoms with Gasteiger partial charge in [0.25, 0.3) is 0 Å². The van der Waals surface area contributed by atoms with Gasteiger partial charge in [-0.15, -0.1) is 0 Å². The van der Waals surface area contributed by atoms with Crippen LogP contribution < -0.4 is 0 Å². The molecule has 92 valence electrons. The van der Waals surface area contributed by atoms with E-state index in [4.69, 9.17) is 0 Å². The Morgan fingerprint density at radius 1 is 0.600 bits per heavy atom. The molecule has 0 fully saturated rings. The van der Waals surface area contributed by atoms with Gasteiger partial charge in [0.15, 0.2) is 0 Å². The van der Waals surface area contributed by atoms with Crippen LogP contribution in [0.3, 0.4) is 0 Å². The Labute approximate surface area is 113 Å². The van der Waals surface area contributed by atoms with Gasteiger partial charge in [-0.25, -0.2) is 0 Å². The quantitative estimate of drug-likeness (QED) is 0.468. The predicted octanol–water partition coefficient (Wildman–Crippen LogP) is 5.16. The van der Waals surface area contributed by atoms with Crippen LogP contribution in [0.5, 0.6) is 0 Å². The van der Waals surface area contributed by atoms with Gasteiger partial charge in [-0.2, -0.15) is 0 Å². The van der Waals surface area contributed by atoms with Gasteiger partial charge in [0, 0.05) is 0 Å². The van der Waals surface area contributed by atoms with Crippen molar-refractivity contribution in [3.63, 3.8) is 0 Å². The summed E-state index contributed by atoms with van der Waals surface area (Å²) in [5.41, 5.74) is 0. The molecule has 0 bridgehead atoms. The van der Waals surface area contributed by atoms with E-state index < -0.39 is 40.4 Å². The third kappa shape index (κ3) is 3.81. The summed E-state index contributed by atoms with van der Waals surface area (Å²) in [6.45, 7) is 14.9. The van der Waals surface area contributed by atoms with Gasteiger partial charge in [0.1, 0.15) is 0 Å². The number of hydrogen-bond donors (Lipinski definition) is 0. The van der Waals surface area contributed by atoms with Crippen LogP contribution in [0.2, 0.25) is 18.8 Å². The standard InChI is InChI=1S/C5H10.4C2H5.2Sb/c1-3-5-4-2;4*1-2;;/h3-4H2,1-2H3;4*1H2,2H3;;. The molecule has 0 rings (SSSR count). The average Bonchev–Trinajstić information content (AvgIpc) is 2.29. The third-order valence-corrected chi connectivity index (χ3v) is 33.7. The summed E-state index contributed by atoms with van der Waals surface area (Å²) in [6, 6.07) is 0. The molecule has 0 aliphatic heterocycles. The second kappa shape index (κ2) is 8.69. The van der Waals surface area contributed by atoms with Crippen LogP contribution in [-0.2, 0) is 0 Å². The summed E-state index contributed by atoms with van der Waals surface area (Å²) in [5, 5.41) is 0. The number of hydrogen-bond acceptors (Lipinski definition) is 0. The molecular formula is C13H30Sb2. The Morgan fingerprint density at radius 2 is 0.867 bits per heavy atom. The molecule has 0 aromatic rings. The molecule has 0 heterocycles. The molecule has 0 radical (unpaired) electrons. The normalized spacial score (nSPS) is 12.8. The molecule has 0 amide bonds. The summed E-state index contributed by atoms with van der Waals surface area (Å²) >= 11 is -1.85. The van der Waals surface area contributed by atoms with E-state index in [-0.39, 0.29) is 0 Å². The Balaban J connectivity index is 4.98. The zero-order valence-corrected chi connectivity index (χ0v) is 16.7. The SMILES string of the molecule is C[CH2][Sb]([CH2]C)[C](CC)(CC)[Sb]([CH2]C)[CH2]C. The van der Waals surface area contributed by atoms with Crippen molar-refractivity contribution in [1.82, 2.24) is 0 Å². The van der Waals surface area contributed by atoms with E-state index in [2.05, 4.69) is 41.5 Å². The molecular weight excluding hydrogens is 400 g/mol. The van der Waals surface area contributed by atoms with Crippen molar-refractivity contribution in [2.24, 2.45) is 0 Å². The van der Waals surface area contributed by atoms with Crippen molar-refractivity contribution in [3.8, 4) is 0 Å². The monoisotopic (exact) mass is 428 g/mol. The molecule has 0 nitrogen and oxygen atoms in total. The van der Waals surface area contributed by atoms with Gasteiger partial charge in [0.05, 0.1) is 0 Å². The first-order valence-corrected chi connectivity index (χ1v) is 16.4. The molecule has 0 saturated carbocycles. The molecule has 0 aliphatic carbocycles. The molecule has 0 atom stereocenters. The summed E-state index contributed by atoms with van der Waals surface area (Å²) in [4.78, 5) is 0. The van der Waals surface area contributed by atoms with E-state index in [0.717, 1.165) is 1.31 Å². The molecule has 0 saturated heterocycles. The molecule has 0 N–H and O–H groups in total. The molecule has 0 spiro atoms. The van der Waals surface area contributed by atoms with Crippen LogP contribution in [-0.4, -0.2) is 40.4 Å². The van der Waals surface area contributed by atoms with E-state index in [0.29, 0.717) is 0 Å². The zero-order chi connectivity index (χ0) is 11.9. The van der Waals surface area contributed by atoms with Gasteiger partial charge in [-0.3, -0.25) is 0 Å². The fourth-order valence-electron chi connectivity index (χ4n) is 2.97. The first-order valence-electron chi connectivity index (χ1n) is 6.66. The van der Waals surface area contributed by atoms with Crippen molar-refractivity contribution in [1.29, 1.82) is 0 Å². The van der Waals surface area contributed by atoms with E-state index in [9.17, 15) is 0 Å². The topological polar surface area (TPSA) is 0 Å². The first kappa shape index (κ1) is 16.6. The Kier molecular flexibility index (Phi) is 9.63. The van der Waals surface area contributed by atoms with Crippen molar-refractivity contribution in [2.75, 3.05) is 0 Å². The van der Waals surface area contributed by atoms with E-state index in [1.165, 1.54) is 12.8 Å². The van der Waals surface area contributed by atoms with E-state index in [1.807, 2.05) is 0 Å². The summed E-state index contributed by atoms with van der Waals surface area (Å²) in [5.74, 6) is 0. The Morgan fingerprint density at radius 3 is 1.00 bits per heavy atom. The number of rotatable bonds is 8. The Hall–Kier alpha value is 1.64. The average molecular weight is 430 g/mol.